The fraction of sp³-hybridized carbons (Fsp3) is 0.727. The second-order valence-corrected chi connectivity index (χ2v) is 10.5. The van der Waals surface area contributed by atoms with Crippen molar-refractivity contribution in [1.29, 1.82) is 0 Å². The first kappa shape index (κ1) is 17.7. The van der Waals surface area contributed by atoms with Crippen LogP contribution in [0.2, 0.25) is 0 Å². The molecule has 0 spiro atoms. The number of aromatic nitrogens is 1. The maximum Gasteiger partial charge on any atom is 0.318 e. The highest BCUT2D eigenvalue weighted by molar-refractivity contribution is 5.97. The molecule has 29 heavy (non-hydrogen) atoms. The van der Waals surface area contributed by atoms with Crippen LogP contribution in [0.25, 0.3) is 0 Å². The van der Waals surface area contributed by atoms with Crippen LogP contribution >= 0.6 is 0 Å². The Hall–Kier alpha value is -2.18. The fourth-order valence-corrected chi connectivity index (χ4v) is 8.10. The van der Waals surface area contributed by atoms with E-state index in [0.717, 1.165) is 74.7 Å². The van der Waals surface area contributed by atoms with Gasteiger partial charge in [-0.25, -0.2) is 4.98 Å². The van der Waals surface area contributed by atoms with Gasteiger partial charge in [-0.1, -0.05) is 5.18 Å². The van der Waals surface area contributed by atoms with Crippen molar-refractivity contribution >= 4 is 11.7 Å². The minimum atomic E-state index is -0.702. The zero-order valence-corrected chi connectivity index (χ0v) is 16.5. The van der Waals surface area contributed by atoms with Gasteiger partial charge in [0.05, 0.1) is 5.56 Å². The van der Waals surface area contributed by atoms with Gasteiger partial charge in [0.25, 0.3) is 0 Å². The third-order valence-corrected chi connectivity index (χ3v) is 8.62. The summed E-state index contributed by atoms with van der Waals surface area (Å²) < 4.78 is 0. The number of rotatable bonds is 4. The number of carbonyl (C=O) groups is 1. The number of pyridine rings is 1. The molecule has 1 N–H and O–H groups in total. The first-order chi connectivity index (χ1) is 14.0. The number of anilines is 1. The molecule has 1 heterocycles. The largest absolute Gasteiger partial charge is 0.364 e. The lowest BCUT2D eigenvalue weighted by molar-refractivity contribution is -0.00754. The van der Waals surface area contributed by atoms with Crippen LogP contribution in [0.5, 0.6) is 0 Å². The number of amides is 1. The molecule has 1 aromatic heterocycles. The van der Waals surface area contributed by atoms with Crippen molar-refractivity contribution in [3.8, 4) is 0 Å². The molecule has 1 amide bonds. The minimum absolute atomic E-state index is 0.121. The number of hydrogen-bond acceptors (Lipinski definition) is 6. The van der Waals surface area contributed by atoms with Crippen molar-refractivity contribution in [2.45, 2.75) is 87.1 Å². The highest BCUT2D eigenvalue weighted by Gasteiger charge is 2.59. The van der Waals surface area contributed by atoms with Crippen LogP contribution in [0.3, 0.4) is 0 Å². The number of hydrogen-bond donors (Lipinski definition) is 1. The quantitative estimate of drug-likeness (QED) is 0.723. The van der Waals surface area contributed by atoms with Gasteiger partial charge in [0.15, 0.2) is 0 Å². The Morgan fingerprint density at radius 2 is 1.66 bits per heavy atom. The first-order valence-corrected chi connectivity index (χ1v) is 11.1. The standard InChI is InChI=1S/C22H26N4O3/c27-20(25-28)16-10-23-19(18-15-3-1-14(2-4-15)17(16)18)24-21-6-12-5-13(7-21)9-22(8-12,11-21)26-29/h10,12-15H,1-9,11H2,(H,23,24). The summed E-state index contributed by atoms with van der Waals surface area (Å²) in [5.74, 6) is 2.00. The van der Waals surface area contributed by atoms with Gasteiger partial charge in [-0.15, -0.1) is 4.91 Å². The molecule has 0 aromatic carbocycles. The molecule has 6 bridgehead atoms. The van der Waals surface area contributed by atoms with Crippen LogP contribution in [0.1, 0.15) is 97.5 Å². The molecule has 1 aromatic rings. The molecule has 0 saturated heterocycles. The van der Waals surface area contributed by atoms with Gasteiger partial charge in [-0.2, -0.15) is 4.91 Å². The van der Waals surface area contributed by atoms with E-state index in [-0.39, 0.29) is 5.54 Å². The molecule has 7 aliphatic rings. The van der Waals surface area contributed by atoms with Gasteiger partial charge in [0, 0.05) is 22.5 Å². The van der Waals surface area contributed by atoms with E-state index in [1.54, 1.807) is 6.20 Å². The summed E-state index contributed by atoms with van der Waals surface area (Å²) in [4.78, 5) is 39.6. The number of nitrogens with one attached hydrogen (secondary N) is 1. The van der Waals surface area contributed by atoms with E-state index in [4.69, 9.17) is 0 Å². The highest BCUT2D eigenvalue weighted by Crippen LogP contribution is 2.60. The van der Waals surface area contributed by atoms with Gasteiger partial charge in [-0.05, 0) is 93.4 Å². The molecule has 7 nitrogen and oxygen atoms in total. The van der Waals surface area contributed by atoms with Crippen LogP contribution in [0, 0.1) is 21.6 Å². The smallest absolute Gasteiger partial charge is 0.318 e. The summed E-state index contributed by atoms with van der Waals surface area (Å²) in [7, 11) is 0. The number of carbonyl (C=O) groups excluding carboxylic acids is 1. The average Bonchev–Trinajstić information content (AvgIpc) is 2.73. The molecule has 152 valence electrons. The summed E-state index contributed by atoms with van der Waals surface area (Å²) in [6.07, 6.45) is 11.9. The average molecular weight is 394 g/mol. The van der Waals surface area contributed by atoms with E-state index in [0.29, 0.717) is 29.2 Å². The summed E-state index contributed by atoms with van der Waals surface area (Å²) in [6.45, 7) is 0. The Bertz CT molecular complexity index is 907. The molecule has 5 saturated carbocycles. The Morgan fingerprint density at radius 3 is 2.28 bits per heavy atom. The van der Waals surface area contributed by atoms with Gasteiger partial charge < -0.3 is 5.32 Å². The van der Waals surface area contributed by atoms with E-state index < -0.39 is 11.4 Å². The Morgan fingerprint density at radius 1 is 1.00 bits per heavy atom. The Kier molecular flexibility index (Phi) is 3.61. The molecule has 7 aliphatic carbocycles. The SMILES string of the molecule is O=NC(=O)c1cnc(NC23CC4CC(CC(N=O)(C4)C2)C3)c2c1C1CCC2CC1. The second kappa shape index (κ2) is 5.92. The van der Waals surface area contributed by atoms with Crippen molar-refractivity contribution in [2.75, 3.05) is 5.32 Å². The highest BCUT2D eigenvalue weighted by atomic mass is 16.3. The van der Waals surface area contributed by atoms with Gasteiger partial charge in [-0.3, -0.25) is 4.79 Å². The molecule has 0 aliphatic heterocycles. The predicted octanol–water partition coefficient (Wildman–Crippen LogP) is 5.01. The van der Waals surface area contributed by atoms with E-state index in [1.165, 1.54) is 6.42 Å². The Balaban J connectivity index is 1.43. The van der Waals surface area contributed by atoms with Crippen molar-refractivity contribution in [1.82, 2.24) is 4.98 Å². The monoisotopic (exact) mass is 394 g/mol. The minimum Gasteiger partial charge on any atom is -0.364 e. The van der Waals surface area contributed by atoms with Crippen molar-refractivity contribution < 1.29 is 4.79 Å². The lowest BCUT2D eigenvalue weighted by Gasteiger charge is -2.59. The zero-order valence-electron chi connectivity index (χ0n) is 16.5. The molecule has 2 atom stereocenters. The number of fused-ring (bicyclic) bond motifs is 2. The van der Waals surface area contributed by atoms with E-state index >= 15 is 0 Å². The van der Waals surface area contributed by atoms with Crippen LogP contribution in [0.15, 0.2) is 16.6 Å². The Labute approximate surface area is 169 Å². The second-order valence-electron chi connectivity index (χ2n) is 10.5. The summed E-state index contributed by atoms with van der Waals surface area (Å²) in [5.41, 5.74) is 2.03. The molecular weight excluding hydrogens is 368 g/mol. The molecule has 2 unspecified atom stereocenters. The topological polar surface area (TPSA) is 101 Å². The summed E-state index contributed by atoms with van der Waals surface area (Å²) >= 11 is 0. The van der Waals surface area contributed by atoms with Gasteiger partial charge in [0.2, 0.25) is 0 Å². The van der Waals surface area contributed by atoms with Crippen molar-refractivity contribution in [3.63, 3.8) is 0 Å². The number of nitrogens with zero attached hydrogens (tertiary/aromatic N) is 3. The molecule has 5 fully saturated rings. The van der Waals surface area contributed by atoms with E-state index in [1.807, 2.05) is 0 Å². The molecule has 7 heteroatoms. The number of nitroso groups, excluding NO2 is 2. The van der Waals surface area contributed by atoms with E-state index in [2.05, 4.69) is 20.7 Å². The van der Waals surface area contributed by atoms with Crippen molar-refractivity contribution in [2.24, 2.45) is 22.2 Å². The lowest BCUT2D eigenvalue weighted by Crippen LogP contribution is -2.61. The maximum atomic E-state index is 12.2. The molecule has 8 rings (SSSR count). The van der Waals surface area contributed by atoms with Gasteiger partial charge >= 0.3 is 5.91 Å². The van der Waals surface area contributed by atoms with Crippen LogP contribution in [0.4, 0.5) is 5.82 Å². The molecule has 0 radical (unpaired) electrons. The molecular formula is C22H26N4O3. The third-order valence-electron chi connectivity index (χ3n) is 8.62. The predicted molar refractivity (Wildman–Crippen MR) is 108 cm³/mol. The maximum absolute atomic E-state index is 12.2. The summed E-state index contributed by atoms with van der Waals surface area (Å²) in [6, 6.07) is 0. The van der Waals surface area contributed by atoms with Gasteiger partial charge in [0.1, 0.15) is 11.4 Å². The van der Waals surface area contributed by atoms with Crippen molar-refractivity contribution in [3.05, 3.63) is 32.7 Å². The van der Waals surface area contributed by atoms with Crippen LogP contribution in [-0.2, 0) is 0 Å². The van der Waals surface area contributed by atoms with Crippen LogP contribution < -0.4 is 5.32 Å². The van der Waals surface area contributed by atoms with E-state index in [9.17, 15) is 14.6 Å². The zero-order chi connectivity index (χ0) is 19.8. The van der Waals surface area contributed by atoms with Crippen LogP contribution in [-0.4, -0.2) is 22.0 Å². The lowest BCUT2D eigenvalue weighted by atomic mass is 9.50. The normalized spacial score (nSPS) is 41.1. The first-order valence-electron chi connectivity index (χ1n) is 11.1. The summed E-state index contributed by atoms with van der Waals surface area (Å²) in [5, 5.41) is 10.1. The third kappa shape index (κ3) is 2.48. The fourth-order valence-electron chi connectivity index (χ4n) is 8.10.